The molecule has 0 aromatic heterocycles. The largest absolute Gasteiger partial charge is 0.390 e. The molecule has 0 fully saturated rings. The first-order valence-electron chi connectivity index (χ1n) is 5.34. The van der Waals surface area contributed by atoms with Gasteiger partial charge in [0.1, 0.15) is 0 Å². The predicted molar refractivity (Wildman–Crippen MR) is 58.3 cm³/mol. The molecule has 0 atom stereocenters. The summed E-state index contributed by atoms with van der Waals surface area (Å²) in [5.41, 5.74) is 2.43. The second-order valence-corrected chi connectivity index (χ2v) is 5.06. The molecule has 1 aromatic carbocycles. The van der Waals surface area contributed by atoms with E-state index >= 15 is 0 Å². The first kappa shape index (κ1) is 9.72. The van der Waals surface area contributed by atoms with Crippen molar-refractivity contribution in [2.45, 2.75) is 38.7 Å². The van der Waals surface area contributed by atoms with Crippen LogP contribution in [0.5, 0.6) is 0 Å². The monoisotopic (exact) mass is 190 g/mol. The Morgan fingerprint density at radius 3 is 2.14 bits per heavy atom. The maximum absolute atomic E-state index is 9.76. The fraction of sp³-hybridized carbons (Fsp3) is 0.538. The molecule has 14 heavy (non-hydrogen) atoms. The topological polar surface area (TPSA) is 20.2 Å². The van der Waals surface area contributed by atoms with Crippen LogP contribution in [0.3, 0.4) is 0 Å². The quantitative estimate of drug-likeness (QED) is 0.760. The molecule has 0 aliphatic heterocycles. The van der Waals surface area contributed by atoms with Gasteiger partial charge in [-0.1, -0.05) is 24.3 Å². The van der Waals surface area contributed by atoms with Crippen LogP contribution in [-0.2, 0) is 12.8 Å². The van der Waals surface area contributed by atoms with Crippen LogP contribution in [0.1, 0.15) is 31.4 Å². The first-order valence-corrected chi connectivity index (χ1v) is 5.34. The lowest BCUT2D eigenvalue weighted by Gasteiger charge is -2.21. The van der Waals surface area contributed by atoms with Crippen molar-refractivity contribution in [1.29, 1.82) is 0 Å². The average molecular weight is 190 g/mol. The van der Waals surface area contributed by atoms with Crippen molar-refractivity contribution in [2.24, 2.45) is 5.92 Å². The molecule has 2 rings (SSSR count). The normalized spacial score (nSPS) is 17.1. The van der Waals surface area contributed by atoms with Crippen molar-refractivity contribution in [3.05, 3.63) is 35.4 Å². The summed E-state index contributed by atoms with van der Waals surface area (Å²) in [6.45, 7) is 3.80. The van der Waals surface area contributed by atoms with Gasteiger partial charge in [-0.2, -0.15) is 0 Å². The minimum atomic E-state index is -0.521. The third kappa shape index (κ3) is 2.16. The van der Waals surface area contributed by atoms with Crippen LogP contribution in [-0.4, -0.2) is 10.7 Å². The highest BCUT2D eigenvalue weighted by Gasteiger charge is 2.26. The highest BCUT2D eigenvalue weighted by Crippen LogP contribution is 2.31. The van der Waals surface area contributed by atoms with Crippen LogP contribution in [0.15, 0.2) is 24.3 Å². The highest BCUT2D eigenvalue weighted by atomic mass is 16.3. The van der Waals surface area contributed by atoms with Crippen molar-refractivity contribution in [3.63, 3.8) is 0 Å². The Bertz CT molecular complexity index is 297. The number of rotatable bonds is 2. The van der Waals surface area contributed by atoms with Crippen molar-refractivity contribution < 1.29 is 5.11 Å². The molecule has 1 N–H and O–H groups in total. The lowest BCUT2D eigenvalue weighted by molar-refractivity contribution is 0.0540. The van der Waals surface area contributed by atoms with Gasteiger partial charge in [0, 0.05) is 0 Å². The van der Waals surface area contributed by atoms with Crippen LogP contribution in [0.2, 0.25) is 0 Å². The molecule has 0 saturated heterocycles. The molecule has 0 amide bonds. The Labute approximate surface area is 85.8 Å². The maximum Gasteiger partial charge on any atom is 0.0594 e. The van der Waals surface area contributed by atoms with E-state index in [0.29, 0.717) is 5.92 Å². The van der Waals surface area contributed by atoms with Crippen molar-refractivity contribution in [2.75, 3.05) is 0 Å². The number of fused-ring (bicyclic) bond motifs is 1. The van der Waals surface area contributed by atoms with Crippen LogP contribution < -0.4 is 0 Å². The zero-order valence-electron chi connectivity index (χ0n) is 8.96. The Morgan fingerprint density at radius 1 is 1.21 bits per heavy atom. The van der Waals surface area contributed by atoms with Crippen molar-refractivity contribution in [1.82, 2.24) is 0 Å². The molecule has 0 saturated carbocycles. The lowest BCUT2D eigenvalue weighted by atomic mass is 9.91. The molecular weight excluding hydrogens is 172 g/mol. The van der Waals surface area contributed by atoms with Gasteiger partial charge in [0.25, 0.3) is 0 Å². The Morgan fingerprint density at radius 2 is 1.71 bits per heavy atom. The fourth-order valence-corrected chi connectivity index (χ4v) is 2.50. The SMILES string of the molecule is CC(C)(O)CC1Cc2ccccc2C1. The van der Waals surface area contributed by atoms with Crippen LogP contribution >= 0.6 is 0 Å². The molecule has 0 unspecified atom stereocenters. The summed E-state index contributed by atoms with van der Waals surface area (Å²) in [6, 6.07) is 8.62. The molecule has 1 aromatic rings. The second-order valence-electron chi connectivity index (χ2n) is 5.06. The molecule has 1 aliphatic rings. The van der Waals surface area contributed by atoms with E-state index in [9.17, 15) is 5.11 Å². The van der Waals surface area contributed by atoms with Crippen molar-refractivity contribution in [3.8, 4) is 0 Å². The maximum atomic E-state index is 9.76. The number of hydrogen-bond acceptors (Lipinski definition) is 1. The Hall–Kier alpha value is -0.820. The van der Waals surface area contributed by atoms with E-state index in [2.05, 4.69) is 24.3 Å². The lowest BCUT2D eigenvalue weighted by Crippen LogP contribution is -2.23. The zero-order valence-corrected chi connectivity index (χ0v) is 8.96. The summed E-state index contributed by atoms with van der Waals surface area (Å²) in [6.07, 6.45) is 3.18. The van der Waals surface area contributed by atoms with Crippen molar-refractivity contribution >= 4 is 0 Å². The number of benzene rings is 1. The van der Waals surface area contributed by atoms with Gasteiger partial charge in [-0.25, -0.2) is 0 Å². The predicted octanol–water partition coefficient (Wildman–Crippen LogP) is 2.56. The summed E-state index contributed by atoms with van der Waals surface area (Å²) in [7, 11) is 0. The van der Waals surface area contributed by atoms with E-state index in [1.54, 1.807) is 0 Å². The standard InChI is InChI=1S/C13H18O/c1-13(2,14)9-10-7-11-5-3-4-6-12(11)8-10/h3-6,10,14H,7-9H2,1-2H3. The van der Waals surface area contributed by atoms with Crippen LogP contribution in [0.25, 0.3) is 0 Å². The highest BCUT2D eigenvalue weighted by molar-refractivity contribution is 5.32. The average Bonchev–Trinajstić information content (AvgIpc) is 2.42. The number of aliphatic hydroxyl groups is 1. The molecule has 0 bridgehead atoms. The molecular formula is C13H18O. The first-order chi connectivity index (χ1) is 6.54. The zero-order chi connectivity index (χ0) is 10.2. The molecule has 1 heteroatoms. The van der Waals surface area contributed by atoms with E-state index in [4.69, 9.17) is 0 Å². The van der Waals surface area contributed by atoms with E-state index in [1.807, 2.05) is 13.8 Å². The van der Waals surface area contributed by atoms with Gasteiger partial charge in [0.2, 0.25) is 0 Å². The molecule has 0 heterocycles. The molecule has 76 valence electrons. The number of hydrogen-bond donors (Lipinski definition) is 1. The third-order valence-corrected chi connectivity index (χ3v) is 2.92. The van der Waals surface area contributed by atoms with Gasteiger partial charge in [-0.3, -0.25) is 0 Å². The molecule has 0 spiro atoms. The minimum absolute atomic E-state index is 0.521. The Kier molecular flexibility index (Phi) is 2.36. The summed E-state index contributed by atoms with van der Waals surface area (Å²) in [5.74, 6) is 0.632. The van der Waals surface area contributed by atoms with Crippen LogP contribution in [0, 0.1) is 5.92 Å². The van der Waals surface area contributed by atoms with E-state index in [-0.39, 0.29) is 0 Å². The molecule has 1 aliphatic carbocycles. The summed E-state index contributed by atoms with van der Waals surface area (Å²) in [4.78, 5) is 0. The Balaban J connectivity index is 2.05. The van der Waals surface area contributed by atoms with Gasteiger partial charge < -0.3 is 5.11 Å². The fourth-order valence-electron chi connectivity index (χ4n) is 2.50. The smallest absolute Gasteiger partial charge is 0.0594 e. The van der Waals surface area contributed by atoms with Gasteiger partial charge in [0.15, 0.2) is 0 Å². The third-order valence-electron chi connectivity index (χ3n) is 2.92. The summed E-state index contributed by atoms with van der Waals surface area (Å²) < 4.78 is 0. The van der Waals surface area contributed by atoms with Gasteiger partial charge in [0.05, 0.1) is 5.60 Å². The van der Waals surface area contributed by atoms with E-state index in [0.717, 1.165) is 19.3 Å². The molecule has 0 radical (unpaired) electrons. The minimum Gasteiger partial charge on any atom is -0.390 e. The van der Waals surface area contributed by atoms with E-state index < -0.39 is 5.60 Å². The van der Waals surface area contributed by atoms with Gasteiger partial charge in [-0.15, -0.1) is 0 Å². The molecule has 1 nitrogen and oxygen atoms in total. The van der Waals surface area contributed by atoms with Crippen LogP contribution in [0.4, 0.5) is 0 Å². The second kappa shape index (κ2) is 3.39. The summed E-state index contributed by atoms with van der Waals surface area (Å²) in [5, 5.41) is 9.76. The summed E-state index contributed by atoms with van der Waals surface area (Å²) >= 11 is 0. The van der Waals surface area contributed by atoms with Gasteiger partial charge >= 0.3 is 0 Å². The van der Waals surface area contributed by atoms with E-state index in [1.165, 1.54) is 11.1 Å². The van der Waals surface area contributed by atoms with Gasteiger partial charge in [-0.05, 0) is 50.2 Å².